The number of unbranched alkanes of at least 4 members (excludes halogenated alkanes) is 14. The second-order valence-electron chi connectivity index (χ2n) is 16.2. The van der Waals surface area contributed by atoms with Gasteiger partial charge < -0.3 is 15.5 Å². The zero-order valence-electron chi connectivity index (χ0n) is 33.2. The van der Waals surface area contributed by atoms with Crippen molar-refractivity contribution < 1.29 is 9.53 Å². The highest BCUT2D eigenvalue weighted by Crippen LogP contribution is 2.40. The van der Waals surface area contributed by atoms with E-state index in [9.17, 15) is 9.59 Å². The number of aromatic nitrogens is 4. The molecule has 4 aromatic rings. The number of hydrogen-bond acceptors (Lipinski definition) is 6. The third-order valence-electron chi connectivity index (χ3n) is 11.1. The zero-order chi connectivity index (χ0) is 37.9. The molecule has 53 heavy (non-hydrogen) atoms. The largest absolute Gasteiger partial charge is 0.465 e. The molecule has 1 unspecified atom stereocenters. The van der Waals surface area contributed by atoms with Gasteiger partial charge in [0.1, 0.15) is 13.9 Å². The Hall–Kier alpha value is -3.72. The van der Waals surface area contributed by atoms with Gasteiger partial charge in [0.05, 0.1) is 6.61 Å². The van der Waals surface area contributed by atoms with Crippen LogP contribution in [0.4, 0.5) is 5.95 Å². The van der Waals surface area contributed by atoms with E-state index in [2.05, 4.69) is 108 Å². The number of rotatable bonds is 25. The molecule has 4 N–H and O–H groups in total. The predicted molar refractivity (Wildman–Crippen MR) is 224 cm³/mol. The molecule has 0 aliphatic carbocycles. The van der Waals surface area contributed by atoms with Gasteiger partial charge in [0.2, 0.25) is 5.95 Å². The number of H-pyrrole nitrogens is 2. The van der Waals surface area contributed by atoms with Gasteiger partial charge in [0, 0.05) is 12.8 Å². The first-order valence-electron chi connectivity index (χ1n) is 20.6. The highest BCUT2D eigenvalue weighted by Gasteiger charge is 2.47. The van der Waals surface area contributed by atoms with Crippen molar-refractivity contribution in [1.82, 2.24) is 19.9 Å². The fraction of sp³-hybridized carbons (Fsp3) is 0.591. The van der Waals surface area contributed by atoms with Crippen LogP contribution in [0.1, 0.15) is 143 Å². The van der Waals surface area contributed by atoms with Crippen LogP contribution in [0.25, 0.3) is 11.2 Å². The minimum absolute atomic E-state index is 0.00125. The van der Waals surface area contributed by atoms with Crippen molar-refractivity contribution in [2.75, 3.05) is 12.3 Å². The summed E-state index contributed by atoms with van der Waals surface area (Å²) in [6.45, 7) is 9.68. The van der Waals surface area contributed by atoms with Crippen LogP contribution >= 0.6 is 0 Å². The van der Waals surface area contributed by atoms with Crippen LogP contribution in [0.15, 0.2) is 65.5 Å². The van der Waals surface area contributed by atoms with Gasteiger partial charge in [-0.3, -0.25) is 14.6 Å². The van der Waals surface area contributed by atoms with Crippen molar-refractivity contribution in [3.63, 3.8) is 0 Å². The first-order chi connectivity index (χ1) is 25.6. The fourth-order valence-corrected chi connectivity index (χ4v) is 13.8. The van der Waals surface area contributed by atoms with Gasteiger partial charge in [-0.25, -0.2) is 4.98 Å². The number of benzene rings is 2. The SMILES string of the molecule is CCCCCCCCCCCCCCCCCC(=O)OCC(CC[Si](c1ccccc1)(c1ccccc1)C(C)(C)C)Cc1nc2nc(N)[nH]c(=O)c2[nH]1. The van der Waals surface area contributed by atoms with E-state index in [1.165, 1.54) is 93.8 Å². The van der Waals surface area contributed by atoms with E-state index >= 15 is 0 Å². The number of nitrogen functional groups attached to an aromatic ring is 1. The van der Waals surface area contributed by atoms with Gasteiger partial charge in [-0.1, -0.05) is 189 Å². The Labute approximate surface area is 319 Å². The number of nitrogens with zero attached hydrogens (tertiary/aromatic N) is 2. The van der Waals surface area contributed by atoms with E-state index in [1.54, 1.807) is 0 Å². The average molecular weight is 742 g/mol. The van der Waals surface area contributed by atoms with Crippen LogP contribution in [0.3, 0.4) is 0 Å². The molecular formula is C44H67N5O3Si. The molecule has 2 aromatic carbocycles. The van der Waals surface area contributed by atoms with Crippen molar-refractivity contribution in [2.45, 2.75) is 154 Å². The van der Waals surface area contributed by atoms with Gasteiger partial charge in [-0.15, -0.1) is 0 Å². The summed E-state index contributed by atoms with van der Waals surface area (Å²) >= 11 is 0. The molecule has 0 aliphatic rings. The van der Waals surface area contributed by atoms with Crippen LogP contribution < -0.4 is 21.7 Å². The summed E-state index contributed by atoms with van der Waals surface area (Å²) in [5, 5.41) is 2.81. The molecule has 2 heterocycles. The number of anilines is 1. The monoisotopic (exact) mass is 742 g/mol. The molecular weight excluding hydrogens is 675 g/mol. The van der Waals surface area contributed by atoms with E-state index in [-0.39, 0.29) is 28.4 Å². The molecule has 0 aliphatic heterocycles. The molecule has 2 aromatic heterocycles. The standard InChI is InChI=1S/C44H67N5O3Si/c1-5-6-7-8-9-10-11-12-13-14-15-16-17-18-25-30-39(50)52-34-35(33-38-46-40-41(47-38)48-43(45)49-42(40)51)31-32-53(44(2,3)4,36-26-21-19-22-27-36)37-28-23-20-24-29-37/h19-24,26-29,35H,5-18,25,30-34H2,1-4H3,(H4,45,46,47,48,49,51). The number of carbonyl (C=O) groups is 1. The van der Waals surface area contributed by atoms with Crippen molar-refractivity contribution >= 4 is 41.5 Å². The number of ether oxygens (including phenoxy) is 1. The maximum absolute atomic E-state index is 13.1. The Bertz CT molecular complexity index is 1640. The molecule has 0 fully saturated rings. The summed E-state index contributed by atoms with van der Waals surface area (Å²) in [6, 6.07) is 22.9. The summed E-state index contributed by atoms with van der Waals surface area (Å²) < 4.78 is 6.01. The topological polar surface area (TPSA) is 127 Å². The Kier molecular flexibility index (Phi) is 17.3. The second kappa shape index (κ2) is 21.8. The summed E-state index contributed by atoms with van der Waals surface area (Å²) in [5.41, 5.74) is 6.08. The Morgan fingerprint density at radius 3 is 1.77 bits per heavy atom. The minimum atomic E-state index is -2.34. The van der Waals surface area contributed by atoms with Gasteiger partial charge in [0.15, 0.2) is 11.2 Å². The third kappa shape index (κ3) is 13.0. The van der Waals surface area contributed by atoms with Crippen LogP contribution in [0.2, 0.25) is 11.1 Å². The average Bonchev–Trinajstić information content (AvgIpc) is 3.55. The molecule has 0 spiro atoms. The quantitative estimate of drug-likeness (QED) is 0.0353. The Morgan fingerprint density at radius 1 is 0.755 bits per heavy atom. The van der Waals surface area contributed by atoms with Crippen LogP contribution in [0.5, 0.6) is 0 Å². The molecule has 0 radical (unpaired) electrons. The molecule has 0 saturated heterocycles. The lowest BCUT2D eigenvalue weighted by Gasteiger charge is -2.45. The minimum Gasteiger partial charge on any atom is -0.465 e. The number of fused-ring (bicyclic) bond motifs is 1. The van der Waals surface area contributed by atoms with Crippen LogP contribution in [-0.4, -0.2) is 40.6 Å². The summed E-state index contributed by atoms with van der Waals surface area (Å²) in [7, 11) is -2.34. The fourth-order valence-electron chi connectivity index (χ4n) is 8.07. The number of nitrogens with two attached hydrogens (primary N) is 1. The molecule has 0 saturated carbocycles. The molecule has 9 heteroatoms. The first-order valence-corrected chi connectivity index (χ1v) is 22.9. The maximum Gasteiger partial charge on any atom is 0.305 e. The van der Waals surface area contributed by atoms with E-state index in [4.69, 9.17) is 10.5 Å². The van der Waals surface area contributed by atoms with Crippen molar-refractivity contribution in [3.05, 3.63) is 76.8 Å². The summed E-state index contributed by atoms with van der Waals surface area (Å²) in [5.74, 6) is 0.551. The number of esters is 1. The molecule has 290 valence electrons. The van der Waals surface area contributed by atoms with E-state index in [0.29, 0.717) is 36.4 Å². The lowest BCUT2D eigenvalue weighted by Crippen LogP contribution is -2.64. The van der Waals surface area contributed by atoms with Crippen molar-refractivity contribution in [3.8, 4) is 0 Å². The number of aromatic amines is 2. The van der Waals surface area contributed by atoms with Gasteiger partial charge in [-0.05, 0) is 29.8 Å². The van der Waals surface area contributed by atoms with Crippen LogP contribution in [-0.2, 0) is 16.0 Å². The lowest BCUT2D eigenvalue weighted by atomic mass is 10.0. The van der Waals surface area contributed by atoms with Gasteiger partial charge in [-0.2, -0.15) is 4.98 Å². The molecule has 0 amide bonds. The lowest BCUT2D eigenvalue weighted by molar-refractivity contribution is -0.145. The number of nitrogens with one attached hydrogen (secondary N) is 2. The van der Waals surface area contributed by atoms with Gasteiger partial charge >= 0.3 is 5.97 Å². The van der Waals surface area contributed by atoms with E-state index in [0.717, 1.165) is 25.3 Å². The van der Waals surface area contributed by atoms with Crippen LogP contribution in [0, 0.1) is 5.92 Å². The van der Waals surface area contributed by atoms with Crippen molar-refractivity contribution in [1.29, 1.82) is 0 Å². The highest BCUT2D eigenvalue weighted by molar-refractivity contribution is 7.04. The number of carbonyl (C=O) groups excluding carboxylic acids is 1. The molecule has 1 atom stereocenters. The predicted octanol–water partition coefficient (Wildman–Crippen LogP) is 9.65. The normalized spacial score (nSPS) is 12.7. The van der Waals surface area contributed by atoms with Crippen molar-refractivity contribution in [2.24, 2.45) is 5.92 Å². The summed E-state index contributed by atoms with van der Waals surface area (Å²) in [4.78, 5) is 40.2. The zero-order valence-corrected chi connectivity index (χ0v) is 34.2. The Morgan fingerprint density at radius 2 is 1.26 bits per heavy atom. The molecule has 4 rings (SSSR count). The van der Waals surface area contributed by atoms with E-state index in [1.807, 2.05) is 0 Å². The molecule has 0 bridgehead atoms. The first kappa shape index (κ1) is 42.0. The third-order valence-corrected chi connectivity index (χ3v) is 17.4. The smallest absolute Gasteiger partial charge is 0.305 e. The molecule has 8 nitrogen and oxygen atoms in total. The van der Waals surface area contributed by atoms with E-state index < -0.39 is 8.07 Å². The maximum atomic E-state index is 13.1. The van der Waals surface area contributed by atoms with Gasteiger partial charge in [0.25, 0.3) is 5.56 Å². The highest BCUT2D eigenvalue weighted by atomic mass is 28.3. The Balaban J connectivity index is 1.33. The number of hydrogen-bond donors (Lipinski definition) is 3. The second-order valence-corrected chi connectivity index (χ2v) is 21.2. The summed E-state index contributed by atoms with van der Waals surface area (Å²) in [6.07, 6.45) is 21.2. The number of imidazole rings is 1.